The van der Waals surface area contributed by atoms with Gasteiger partial charge in [0, 0.05) is 18.3 Å². The third-order valence-corrected chi connectivity index (χ3v) is 6.50. The molecule has 1 aliphatic heterocycles. The quantitative estimate of drug-likeness (QED) is 0.868. The van der Waals surface area contributed by atoms with Crippen molar-refractivity contribution in [1.29, 1.82) is 0 Å². The average molecular weight is 310 g/mol. The normalized spacial score (nSPS) is 20.6. The Balaban J connectivity index is 2.45. The smallest absolute Gasteiger partial charge is 0.243 e. The molecule has 2 N–H and O–H groups in total. The second-order valence-electron chi connectivity index (χ2n) is 6.04. The van der Waals surface area contributed by atoms with E-state index in [1.54, 1.807) is 16.4 Å². The molecule has 1 aliphatic rings. The number of piperidine rings is 1. The Hall–Kier alpha value is -1.07. The van der Waals surface area contributed by atoms with Crippen molar-refractivity contribution >= 4 is 15.7 Å². The van der Waals surface area contributed by atoms with Crippen molar-refractivity contribution in [2.75, 3.05) is 12.3 Å². The number of benzene rings is 1. The van der Waals surface area contributed by atoms with Crippen molar-refractivity contribution in [3.8, 4) is 0 Å². The Morgan fingerprint density at radius 3 is 2.43 bits per heavy atom. The van der Waals surface area contributed by atoms with Crippen LogP contribution in [0.5, 0.6) is 0 Å². The van der Waals surface area contributed by atoms with E-state index in [1.807, 2.05) is 13.8 Å². The first kappa shape index (κ1) is 16.3. The van der Waals surface area contributed by atoms with Crippen LogP contribution in [0.25, 0.3) is 0 Å². The lowest BCUT2D eigenvalue weighted by atomic mass is 10.0. The molecule has 21 heavy (non-hydrogen) atoms. The van der Waals surface area contributed by atoms with E-state index in [2.05, 4.69) is 6.92 Å². The maximum Gasteiger partial charge on any atom is 0.243 e. The van der Waals surface area contributed by atoms with Gasteiger partial charge in [0.25, 0.3) is 0 Å². The van der Waals surface area contributed by atoms with Crippen molar-refractivity contribution in [2.45, 2.75) is 63.8 Å². The molecule has 118 valence electrons. The number of nitrogens with two attached hydrogens (primary N) is 1. The van der Waals surface area contributed by atoms with Crippen LogP contribution in [0.1, 0.15) is 50.2 Å². The summed E-state index contributed by atoms with van der Waals surface area (Å²) in [7, 11) is -3.43. The zero-order valence-electron chi connectivity index (χ0n) is 13.2. The third-order valence-electron chi connectivity index (χ3n) is 4.24. The summed E-state index contributed by atoms with van der Waals surface area (Å²) in [5.74, 6) is 0. The van der Waals surface area contributed by atoms with Crippen molar-refractivity contribution in [2.24, 2.45) is 0 Å². The van der Waals surface area contributed by atoms with Gasteiger partial charge in [-0.3, -0.25) is 0 Å². The minimum absolute atomic E-state index is 0.144. The van der Waals surface area contributed by atoms with E-state index in [4.69, 9.17) is 5.73 Å². The highest BCUT2D eigenvalue weighted by Gasteiger charge is 2.34. The molecule has 1 fully saturated rings. The summed E-state index contributed by atoms with van der Waals surface area (Å²) in [6.07, 6.45) is 4.99. The molecular weight excluding hydrogens is 284 g/mol. The number of hydrogen-bond acceptors (Lipinski definition) is 3. The fourth-order valence-corrected chi connectivity index (χ4v) is 5.56. The predicted molar refractivity (Wildman–Crippen MR) is 86.8 cm³/mol. The lowest BCUT2D eigenvalue weighted by molar-refractivity contribution is 0.239. The molecule has 0 saturated carbocycles. The van der Waals surface area contributed by atoms with Gasteiger partial charge in [0.1, 0.15) is 0 Å². The van der Waals surface area contributed by atoms with Crippen LogP contribution in [0.3, 0.4) is 0 Å². The van der Waals surface area contributed by atoms with E-state index in [-0.39, 0.29) is 6.04 Å². The van der Waals surface area contributed by atoms with Crippen LogP contribution in [-0.2, 0) is 10.0 Å². The van der Waals surface area contributed by atoms with E-state index in [0.29, 0.717) is 17.1 Å². The highest BCUT2D eigenvalue weighted by molar-refractivity contribution is 7.89. The van der Waals surface area contributed by atoms with Crippen LogP contribution in [0, 0.1) is 13.8 Å². The standard InChI is InChI=1S/C16H26N2O2S/c1-4-7-15-8-5-6-9-18(15)21(19,20)16-12(2)10-14(17)11-13(16)3/h10-11,15H,4-9,17H2,1-3H3. The lowest BCUT2D eigenvalue weighted by Gasteiger charge is -2.35. The van der Waals surface area contributed by atoms with Crippen molar-refractivity contribution in [1.82, 2.24) is 4.31 Å². The van der Waals surface area contributed by atoms with Gasteiger partial charge in [0.2, 0.25) is 10.0 Å². The Kier molecular flexibility index (Phi) is 4.94. The van der Waals surface area contributed by atoms with E-state index < -0.39 is 10.0 Å². The SMILES string of the molecule is CCCC1CCCCN1S(=O)(=O)c1c(C)cc(N)cc1C. The van der Waals surface area contributed by atoms with E-state index in [1.165, 1.54) is 0 Å². The predicted octanol–water partition coefficient (Wildman–Crippen LogP) is 3.23. The Morgan fingerprint density at radius 2 is 1.86 bits per heavy atom. The second kappa shape index (κ2) is 6.36. The summed E-state index contributed by atoms with van der Waals surface area (Å²) in [4.78, 5) is 0.444. The zero-order chi connectivity index (χ0) is 15.6. The molecule has 0 amide bonds. The molecule has 2 rings (SSSR count). The second-order valence-corrected chi connectivity index (χ2v) is 7.87. The molecule has 1 atom stereocenters. The Labute approximate surface area is 128 Å². The van der Waals surface area contributed by atoms with E-state index in [0.717, 1.165) is 43.2 Å². The number of nitrogen functional groups attached to an aromatic ring is 1. The highest BCUT2D eigenvalue weighted by atomic mass is 32.2. The number of rotatable bonds is 4. The molecule has 0 bridgehead atoms. The molecular formula is C16H26N2O2S. The summed E-state index contributed by atoms with van der Waals surface area (Å²) < 4.78 is 27.9. The zero-order valence-corrected chi connectivity index (χ0v) is 14.0. The molecule has 0 aliphatic carbocycles. The maximum absolute atomic E-state index is 13.1. The summed E-state index contributed by atoms with van der Waals surface area (Å²) in [6, 6.07) is 3.64. The van der Waals surface area contributed by atoms with Gasteiger partial charge in [-0.1, -0.05) is 19.8 Å². The van der Waals surface area contributed by atoms with Crippen LogP contribution in [0.15, 0.2) is 17.0 Å². The summed E-state index contributed by atoms with van der Waals surface area (Å²) in [5.41, 5.74) is 7.92. The van der Waals surface area contributed by atoms with Crippen LogP contribution in [0.4, 0.5) is 5.69 Å². The fourth-order valence-electron chi connectivity index (χ4n) is 3.42. The number of hydrogen-bond donors (Lipinski definition) is 1. The number of sulfonamides is 1. The van der Waals surface area contributed by atoms with E-state index in [9.17, 15) is 8.42 Å². The van der Waals surface area contributed by atoms with Crippen LogP contribution >= 0.6 is 0 Å². The van der Waals surface area contributed by atoms with Gasteiger partial charge in [-0.2, -0.15) is 4.31 Å². The number of anilines is 1. The van der Waals surface area contributed by atoms with Gasteiger partial charge >= 0.3 is 0 Å². The summed E-state index contributed by atoms with van der Waals surface area (Å²) in [6.45, 7) is 6.40. The van der Waals surface area contributed by atoms with Crippen LogP contribution in [0.2, 0.25) is 0 Å². The summed E-state index contributed by atoms with van der Waals surface area (Å²) >= 11 is 0. The Morgan fingerprint density at radius 1 is 1.24 bits per heavy atom. The van der Waals surface area contributed by atoms with Crippen LogP contribution < -0.4 is 5.73 Å². The highest BCUT2D eigenvalue weighted by Crippen LogP contribution is 2.31. The van der Waals surface area contributed by atoms with E-state index >= 15 is 0 Å². The first-order valence-corrected chi connectivity index (χ1v) is 9.20. The van der Waals surface area contributed by atoms with Gasteiger partial charge in [-0.05, 0) is 56.4 Å². The van der Waals surface area contributed by atoms with Crippen molar-refractivity contribution in [3.63, 3.8) is 0 Å². The lowest BCUT2D eigenvalue weighted by Crippen LogP contribution is -2.44. The summed E-state index contributed by atoms with van der Waals surface area (Å²) in [5, 5.41) is 0. The topological polar surface area (TPSA) is 63.4 Å². The first-order valence-electron chi connectivity index (χ1n) is 7.76. The minimum atomic E-state index is -3.43. The number of aryl methyl sites for hydroxylation is 2. The molecule has 5 heteroatoms. The molecule has 1 aromatic rings. The number of nitrogens with zero attached hydrogens (tertiary/aromatic N) is 1. The molecule has 1 saturated heterocycles. The molecule has 0 aromatic heterocycles. The van der Waals surface area contributed by atoms with Gasteiger partial charge in [-0.15, -0.1) is 0 Å². The first-order chi connectivity index (χ1) is 9.87. The molecule has 4 nitrogen and oxygen atoms in total. The maximum atomic E-state index is 13.1. The van der Waals surface area contributed by atoms with Crippen molar-refractivity contribution < 1.29 is 8.42 Å². The van der Waals surface area contributed by atoms with Crippen molar-refractivity contribution in [3.05, 3.63) is 23.3 Å². The average Bonchev–Trinajstić information content (AvgIpc) is 2.37. The Bertz CT molecular complexity index is 586. The fraction of sp³-hybridized carbons (Fsp3) is 0.625. The third kappa shape index (κ3) is 3.24. The molecule has 1 aromatic carbocycles. The van der Waals surface area contributed by atoms with Crippen LogP contribution in [-0.4, -0.2) is 25.3 Å². The van der Waals surface area contributed by atoms with Gasteiger partial charge in [0.05, 0.1) is 4.90 Å². The largest absolute Gasteiger partial charge is 0.399 e. The molecule has 0 spiro atoms. The van der Waals surface area contributed by atoms with Gasteiger partial charge in [-0.25, -0.2) is 8.42 Å². The minimum Gasteiger partial charge on any atom is -0.399 e. The molecule has 1 heterocycles. The van der Waals surface area contributed by atoms with Gasteiger partial charge in [0.15, 0.2) is 0 Å². The monoisotopic (exact) mass is 310 g/mol. The molecule has 1 unspecified atom stereocenters. The molecule has 0 radical (unpaired) electrons. The van der Waals surface area contributed by atoms with Gasteiger partial charge < -0.3 is 5.73 Å².